The summed E-state index contributed by atoms with van der Waals surface area (Å²) in [5.41, 5.74) is 2.26. The lowest BCUT2D eigenvalue weighted by atomic mass is 10.1. The number of nitrogens with zero attached hydrogens (tertiary/aromatic N) is 2. The minimum absolute atomic E-state index is 0.597. The fraction of sp³-hybridized carbons (Fsp3) is 0.0714. The van der Waals surface area contributed by atoms with E-state index in [0.717, 1.165) is 5.69 Å². The van der Waals surface area contributed by atoms with Gasteiger partial charge in [-0.25, -0.2) is 4.68 Å². The molecule has 3 aromatic rings. The summed E-state index contributed by atoms with van der Waals surface area (Å²) in [7, 11) is 0. The van der Waals surface area contributed by atoms with Crippen LogP contribution in [0.3, 0.4) is 0 Å². The summed E-state index contributed by atoms with van der Waals surface area (Å²) in [5.74, 6) is 0. The number of hydrogen-bond donors (Lipinski definition) is 1. The van der Waals surface area contributed by atoms with E-state index in [1.54, 1.807) is 16.8 Å². The highest BCUT2D eigenvalue weighted by molar-refractivity contribution is 5.31. The molecule has 4 nitrogen and oxygen atoms in total. The highest BCUT2D eigenvalue weighted by atomic mass is 16.3. The third-order valence-corrected chi connectivity index (χ3v) is 2.77. The molecule has 0 saturated carbocycles. The molecule has 1 unspecified atom stereocenters. The highest BCUT2D eigenvalue weighted by Gasteiger charge is 2.14. The van der Waals surface area contributed by atoms with Crippen molar-refractivity contribution in [3.63, 3.8) is 0 Å². The van der Waals surface area contributed by atoms with Crippen molar-refractivity contribution in [3.8, 4) is 5.69 Å². The van der Waals surface area contributed by atoms with Crippen molar-refractivity contribution in [2.24, 2.45) is 0 Å². The maximum Gasteiger partial charge on any atom is 0.126 e. The van der Waals surface area contributed by atoms with Crippen molar-refractivity contribution >= 4 is 0 Å². The van der Waals surface area contributed by atoms with Crippen LogP contribution in [0.25, 0.3) is 5.69 Å². The predicted molar refractivity (Wildman–Crippen MR) is 66.3 cm³/mol. The van der Waals surface area contributed by atoms with Crippen molar-refractivity contribution in [1.82, 2.24) is 9.78 Å². The van der Waals surface area contributed by atoms with Gasteiger partial charge < -0.3 is 9.52 Å². The molecule has 0 radical (unpaired) electrons. The van der Waals surface area contributed by atoms with Crippen molar-refractivity contribution in [2.45, 2.75) is 6.10 Å². The van der Waals surface area contributed by atoms with Gasteiger partial charge in [-0.2, -0.15) is 5.10 Å². The van der Waals surface area contributed by atoms with E-state index in [-0.39, 0.29) is 0 Å². The van der Waals surface area contributed by atoms with Gasteiger partial charge in [0.2, 0.25) is 0 Å². The molecule has 0 aliphatic rings. The fourth-order valence-electron chi connectivity index (χ4n) is 1.81. The average molecular weight is 240 g/mol. The zero-order valence-electron chi connectivity index (χ0n) is 9.60. The summed E-state index contributed by atoms with van der Waals surface area (Å²) in [5, 5.41) is 14.5. The van der Waals surface area contributed by atoms with Crippen LogP contribution in [0.5, 0.6) is 0 Å². The minimum Gasteiger partial charge on any atom is -0.472 e. The molecule has 2 heterocycles. The van der Waals surface area contributed by atoms with Gasteiger partial charge in [-0.3, -0.25) is 0 Å². The maximum absolute atomic E-state index is 10.1. The van der Waals surface area contributed by atoms with E-state index in [9.17, 15) is 5.11 Å². The number of para-hydroxylation sites is 1. The van der Waals surface area contributed by atoms with Gasteiger partial charge >= 0.3 is 0 Å². The van der Waals surface area contributed by atoms with Gasteiger partial charge in [0, 0.05) is 11.8 Å². The zero-order chi connectivity index (χ0) is 12.4. The van der Waals surface area contributed by atoms with Crippen LogP contribution in [0.1, 0.15) is 17.4 Å². The third kappa shape index (κ3) is 1.94. The largest absolute Gasteiger partial charge is 0.472 e. The van der Waals surface area contributed by atoms with Crippen LogP contribution in [-0.4, -0.2) is 14.9 Å². The molecular weight excluding hydrogens is 228 g/mol. The highest BCUT2D eigenvalue weighted by Crippen LogP contribution is 2.21. The summed E-state index contributed by atoms with van der Waals surface area (Å²) in [6, 6.07) is 13.3. The smallest absolute Gasteiger partial charge is 0.126 e. The topological polar surface area (TPSA) is 51.2 Å². The van der Waals surface area contributed by atoms with Crippen molar-refractivity contribution < 1.29 is 9.52 Å². The first kappa shape index (κ1) is 10.8. The van der Waals surface area contributed by atoms with E-state index < -0.39 is 6.10 Å². The molecule has 3 rings (SSSR count). The van der Waals surface area contributed by atoms with E-state index in [1.807, 2.05) is 36.5 Å². The molecule has 0 bridgehead atoms. The molecular formula is C14H12N2O2. The molecule has 90 valence electrons. The van der Waals surface area contributed by atoms with Crippen LogP contribution >= 0.6 is 0 Å². The Morgan fingerprint density at radius 3 is 2.67 bits per heavy atom. The van der Waals surface area contributed by atoms with Crippen LogP contribution in [0.4, 0.5) is 0 Å². The monoisotopic (exact) mass is 240 g/mol. The second kappa shape index (κ2) is 4.50. The number of hydrogen-bond acceptors (Lipinski definition) is 3. The van der Waals surface area contributed by atoms with E-state index in [2.05, 4.69) is 5.10 Å². The summed E-state index contributed by atoms with van der Waals surface area (Å²) in [6.45, 7) is 0. The summed E-state index contributed by atoms with van der Waals surface area (Å²) < 4.78 is 6.69. The molecule has 1 atom stereocenters. The quantitative estimate of drug-likeness (QED) is 0.765. The predicted octanol–water partition coefficient (Wildman–Crippen LogP) is 2.55. The van der Waals surface area contributed by atoms with E-state index >= 15 is 0 Å². The minimum atomic E-state index is -0.756. The number of aliphatic hydroxyl groups excluding tert-OH is 1. The normalized spacial score (nSPS) is 12.5. The Hall–Kier alpha value is -2.33. The average Bonchev–Trinajstić information content (AvgIpc) is 3.10. The fourth-order valence-corrected chi connectivity index (χ4v) is 1.81. The Morgan fingerprint density at radius 2 is 1.94 bits per heavy atom. The van der Waals surface area contributed by atoms with Crippen LogP contribution in [0, 0.1) is 0 Å². The molecule has 1 aromatic carbocycles. The Balaban J connectivity index is 1.90. The van der Waals surface area contributed by atoms with E-state index in [0.29, 0.717) is 11.3 Å². The lowest BCUT2D eigenvalue weighted by Gasteiger charge is -2.04. The molecule has 0 saturated heterocycles. The maximum atomic E-state index is 10.1. The Labute approximate surface area is 104 Å². The Morgan fingerprint density at radius 1 is 1.11 bits per heavy atom. The molecule has 1 N–H and O–H groups in total. The van der Waals surface area contributed by atoms with Gasteiger partial charge in [0.25, 0.3) is 0 Å². The van der Waals surface area contributed by atoms with Crippen molar-refractivity contribution in [1.29, 1.82) is 0 Å². The van der Waals surface area contributed by atoms with E-state index in [1.165, 1.54) is 12.5 Å². The summed E-state index contributed by atoms with van der Waals surface area (Å²) in [6.07, 6.45) is 4.13. The number of aliphatic hydroxyl groups is 1. The van der Waals surface area contributed by atoms with Crippen LogP contribution in [0.2, 0.25) is 0 Å². The second-order valence-corrected chi connectivity index (χ2v) is 3.98. The first-order valence-electron chi connectivity index (χ1n) is 5.66. The first-order valence-corrected chi connectivity index (χ1v) is 5.66. The lowest BCUT2D eigenvalue weighted by molar-refractivity contribution is 0.213. The molecule has 0 aliphatic carbocycles. The number of aromatic nitrogens is 2. The molecule has 18 heavy (non-hydrogen) atoms. The molecule has 0 fully saturated rings. The molecule has 2 aromatic heterocycles. The molecule has 0 aliphatic heterocycles. The van der Waals surface area contributed by atoms with Crippen molar-refractivity contribution in [2.75, 3.05) is 0 Å². The molecule has 0 amide bonds. The second-order valence-electron chi connectivity index (χ2n) is 3.98. The Kier molecular flexibility index (Phi) is 2.70. The molecule has 4 heteroatoms. The van der Waals surface area contributed by atoms with Crippen LogP contribution < -0.4 is 0 Å². The van der Waals surface area contributed by atoms with Gasteiger partial charge in [-0.1, -0.05) is 18.2 Å². The summed E-state index contributed by atoms with van der Waals surface area (Å²) in [4.78, 5) is 0. The number of furan rings is 1. The first-order chi connectivity index (χ1) is 8.84. The SMILES string of the molecule is OC(c1ccoc1)c1ccn(-c2ccccc2)n1. The standard InChI is InChI=1S/C14H12N2O2/c17-14(11-7-9-18-10-11)13-6-8-16(15-13)12-4-2-1-3-5-12/h1-10,14,17H. The van der Waals surface area contributed by atoms with Crippen LogP contribution in [-0.2, 0) is 0 Å². The summed E-state index contributed by atoms with van der Waals surface area (Å²) >= 11 is 0. The van der Waals surface area contributed by atoms with Gasteiger partial charge in [0.05, 0.1) is 23.9 Å². The van der Waals surface area contributed by atoms with Gasteiger partial charge in [-0.05, 0) is 24.3 Å². The zero-order valence-corrected chi connectivity index (χ0v) is 9.60. The van der Waals surface area contributed by atoms with Gasteiger partial charge in [-0.15, -0.1) is 0 Å². The molecule has 0 spiro atoms. The Bertz CT molecular complexity index is 614. The van der Waals surface area contributed by atoms with Crippen molar-refractivity contribution in [3.05, 3.63) is 72.4 Å². The van der Waals surface area contributed by atoms with Gasteiger partial charge in [0.15, 0.2) is 0 Å². The van der Waals surface area contributed by atoms with Crippen LogP contribution in [0.15, 0.2) is 65.6 Å². The number of benzene rings is 1. The van der Waals surface area contributed by atoms with Gasteiger partial charge in [0.1, 0.15) is 6.10 Å². The lowest BCUT2D eigenvalue weighted by Crippen LogP contribution is -2.01. The number of rotatable bonds is 3. The third-order valence-electron chi connectivity index (χ3n) is 2.77. The van der Waals surface area contributed by atoms with E-state index in [4.69, 9.17) is 4.42 Å².